The first kappa shape index (κ1) is 15.1. The first-order chi connectivity index (χ1) is 8.06. The highest BCUT2D eigenvalue weighted by Gasteiger charge is 2.07. The number of unbranched alkanes of at least 4 members (excludes halogenated alkanes) is 1. The van der Waals surface area contributed by atoms with E-state index < -0.39 is 11.9 Å². The van der Waals surface area contributed by atoms with Crippen molar-refractivity contribution in [3.63, 3.8) is 0 Å². The second kappa shape index (κ2) is 8.29. The summed E-state index contributed by atoms with van der Waals surface area (Å²) in [4.78, 5) is 24.5. The second-order valence-electron chi connectivity index (χ2n) is 3.26. The third kappa shape index (κ3) is 5.67. The predicted octanol–water partition coefficient (Wildman–Crippen LogP) is 2.82. The summed E-state index contributed by atoms with van der Waals surface area (Å²) in [5.74, 6) is -2.00. The third-order valence-corrected chi connectivity index (χ3v) is 1.95. The van der Waals surface area contributed by atoms with Crippen LogP contribution in [0.15, 0.2) is 24.3 Å². The van der Waals surface area contributed by atoms with Crippen LogP contribution in [0.3, 0.4) is 0 Å². The zero-order valence-corrected chi connectivity index (χ0v) is 9.84. The van der Waals surface area contributed by atoms with Crippen molar-refractivity contribution in [2.24, 2.45) is 0 Å². The largest absolute Gasteiger partial charge is 0.478 e. The average molecular weight is 240 g/mol. The number of hydrogen-bond donors (Lipinski definition) is 2. The van der Waals surface area contributed by atoms with Gasteiger partial charge in [-0.15, -0.1) is 0 Å². The summed E-state index contributed by atoms with van der Waals surface area (Å²) in [6.07, 6.45) is 2.64. The van der Waals surface area contributed by atoms with Gasteiger partial charge in [0.15, 0.2) is 0 Å². The lowest BCUT2D eigenvalue weighted by molar-refractivity contribution is -0.182. The minimum atomic E-state index is -1.08. The molecule has 1 aromatic carbocycles. The maximum atomic E-state index is 10.7. The summed E-state index contributed by atoms with van der Waals surface area (Å²) in [7, 11) is 0. The van der Waals surface area contributed by atoms with Gasteiger partial charge in [-0.05, 0) is 24.3 Å². The highest BCUT2D eigenvalue weighted by molar-refractivity contribution is 5.92. The van der Waals surface area contributed by atoms with E-state index in [1.807, 2.05) is 0 Å². The molecular weight excluding hydrogens is 224 g/mol. The molecule has 0 amide bonds. The molecule has 0 radical (unpaired) electrons. The van der Waals surface area contributed by atoms with Crippen molar-refractivity contribution in [3.8, 4) is 0 Å². The Bertz CT molecular complexity index is 354. The minimum Gasteiger partial charge on any atom is -0.478 e. The topological polar surface area (TPSA) is 83.8 Å². The van der Waals surface area contributed by atoms with E-state index in [1.165, 1.54) is 37.1 Å². The Kier molecular flexibility index (Phi) is 7.38. The Hall–Kier alpha value is -1.88. The molecule has 0 aromatic heterocycles. The smallest absolute Gasteiger partial charge is 0.372 e. The summed E-state index contributed by atoms with van der Waals surface area (Å²) in [6.45, 7) is 4.36. The molecule has 0 spiro atoms. The molecule has 94 valence electrons. The molecular formula is C12H16O5. The second-order valence-corrected chi connectivity index (χ2v) is 3.26. The van der Waals surface area contributed by atoms with Crippen LogP contribution in [0.25, 0.3) is 0 Å². The van der Waals surface area contributed by atoms with Gasteiger partial charge in [0.1, 0.15) is 0 Å². The van der Waals surface area contributed by atoms with Crippen molar-refractivity contribution < 1.29 is 24.8 Å². The average Bonchev–Trinajstić information content (AvgIpc) is 2.38. The summed E-state index contributed by atoms with van der Waals surface area (Å²) in [6, 6.07) is 4.99. The number of carboxylic acid groups (broad SMARTS) is 1. The lowest BCUT2D eigenvalue weighted by atomic mass is 10.1. The number of hydrogen-bond acceptors (Lipinski definition) is 4. The molecule has 0 atom stereocenters. The molecule has 0 unspecified atom stereocenters. The van der Waals surface area contributed by atoms with Gasteiger partial charge in [-0.2, -0.15) is 5.26 Å². The maximum absolute atomic E-state index is 10.7. The molecule has 0 fully saturated rings. The highest BCUT2D eigenvalue weighted by atomic mass is 17.1. The lowest BCUT2D eigenvalue weighted by Gasteiger charge is -1.96. The van der Waals surface area contributed by atoms with Crippen molar-refractivity contribution in [2.45, 2.75) is 26.7 Å². The molecule has 0 heterocycles. The van der Waals surface area contributed by atoms with E-state index in [4.69, 9.17) is 10.4 Å². The van der Waals surface area contributed by atoms with Crippen LogP contribution in [0.1, 0.15) is 47.4 Å². The van der Waals surface area contributed by atoms with Crippen LogP contribution in [0.2, 0.25) is 0 Å². The van der Waals surface area contributed by atoms with Gasteiger partial charge < -0.3 is 5.11 Å². The van der Waals surface area contributed by atoms with Crippen molar-refractivity contribution in [3.05, 3.63) is 35.4 Å². The van der Waals surface area contributed by atoms with Gasteiger partial charge in [0, 0.05) is 0 Å². The first-order valence-corrected chi connectivity index (χ1v) is 5.25. The maximum Gasteiger partial charge on any atom is 0.372 e. The number of aromatic carboxylic acids is 1. The molecule has 0 aliphatic rings. The van der Waals surface area contributed by atoms with Crippen LogP contribution in [0.5, 0.6) is 0 Å². The summed E-state index contributed by atoms with van der Waals surface area (Å²) < 4.78 is 0. The molecule has 1 rings (SSSR count). The van der Waals surface area contributed by atoms with Gasteiger partial charge in [-0.25, -0.2) is 9.59 Å². The Labute approximate surface area is 99.6 Å². The highest BCUT2D eigenvalue weighted by Crippen LogP contribution is 2.05. The van der Waals surface area contributed by atoms with Crippen LogP contribution < -0.4 is 0 Å². The minimum absolute atomic E-state index is 0.0643. The fourth-order valence-corrected chi connectivity index (χ4v) is 0.802. The Balaban J connectivity index is 0.000000557. The van der Waals surface area contributed by atoms with Crippen LogP contribution in [-0.2, 0) is 4.89 Å². The Morgan fingerprint density at radius 3 is 1.76 bits per heavy atom. The van der Waals surface area contributed by atoms with E-state index >= 15 is 0 Å². The van der Waals surface area contributed by atoms with E-state index in [1.54, 1.807) is 0 Å². The molecule has 1 aromatic rings. The van der Waals surface area contributed by atoms with Crippen molar-refractivity contribution in [2.75, 3.05) is 0 Å². The van der Waals surface area contributed by atoms with Gasteiger partial charge in [0.25, 0.3) is 0 Å². The van der Waals surface area contributed by atoms with Crippen LogP contribution in [0, 0.1) is 0 Å². The number of carbonyl (C=O) groups is 2. The number of carboxylic acids is 1. The SMILES string of the molecule is CCCC.O=C(O)c1ccc(C(=O)OO)cc1. The molecule has 2 N–H and O–H groups in total. The molecule has 5 heteroatoms. The van der Waals surface area contributed by atoms with E-state index in [2.05, 4.69) is 18.7 Å². The van der Waals surface area contributed by atoms with E-state index in [0.717, 1.165) is 0 Å². The van der Waals surface area contributed by atoms with E-state index in [-0.39, 0.29) is 11.1 Å². The summed E-state index contributed by atoms with van der Waals surface area (Å²) >= 11 is 0. The first-order valence-electron chi connectivity index (χ1n) is 5.25. The Morgan fingerprint density at radius 2 is 1.47 bits per heavy atom. The fraction of sp³-hybridized carbons (Fsp3) is 0.333. The number of benzene rings is 1. The zero-order valence-electron chi connectivity index (χ0n) is 9.84. The van der Waals surface area contributed by atoms with Crippen molar-refractivity contribution in [1.29, 1.82) is 0 Å². The van der Waals surface area contributed by atoms with Gasteiger partial charge in [-0.3, -0.25) is 4.89 Å². The summed E-state index contributed by atoms with van der Waals surface area (Å²) in [5.41, 5.74) is 0.155. The quantitative estimate of drug-likeness (QED) is 0.627. The monoisotopic (exact) mass is 240 g/mol. The van der Waals surface area contributed by atoms with Gasteiger partial charge in [0.2, 0.25) is 0 Å². The zero-order chi connectivity index (χ0) is 13.3. The Morgan fingerprint density at radius 1 is 1.06 bits per heavy atom. The van der Waals surface area contributed by atoms with Gasteiger partial charge >= 0.3 is 11.9 Å². The number of carbonyl (C=O) groups excluding carboxylic acids is 1. The molecule has 0 bridgehead atoms. The molecule has 0 aliphatic heterocycles. The van der Waals surface area contributed by atoms with Crippen LogP contribution in [-0.4, -0.2) is 22.3 Å². The standard InChI is InChI=1S/C8H6O5.C4H10/c9-7(10)5-1-3-6(4-2-5)8(11)13-12;1-3-4-2/h1-4,12H,(H,9,10);3-4H2,1-2H3. The van der Waals surface area contributed by atoms with E-state index in [9.17, 15) is 9.59 Å². The summed E-state index contributed by atoms with van der Waals surface area (Å²) in [5, 5.41) is 16.5. The molecule has 0 saturated carbocycles. The molecule has 0 aliphatic carbocycles. The predicted molar refractivity (Wildman–Crippen MR) is 62.0 cm³/mol. The normalized spacial score (nSPS) is 8.88. The van der Waals surface area contributed by atoms with Gasteiger partial charge in [-0.1, -0.05) is 26.7 Å². The molecule has 5 nitrogen and oxygen atoms in total. The lowest BCUT2D eigenvalue weighted by Crippen LogP contribution is -2.02. The van der Waals surface area contributed by atoms with Crippen molar-refractivity contribution >= 4 is 11.9 Å². The van der Waals surface area contributed by atoms with Gasteiger partial charge in [0.05, 0.1) is 11.1 Å². The molecule has 17 heavy (non-hydrogen) atoms. The van der Waals surface area contributed by atoms with Crippen LogP contribution in [0.4, 0.5) is 0 Å². The van der Waals surface area contributed by atoms with E-state index in [0.29, 0.717) is 0 Å². The van der Waals surface area contributed by atoms with Crippen LogP contribution >= 0.6 is 0 Å². The van der Waals surface area contributed by atoms with Crippen molar-refractivity contribution in [1.82, 2.24) is 0 Å². The fourth-order valence-electron chi connectivity index (χ4n) is 0.802. The molecule has 0 saturated heterocycles. The number of rotatable bonds is 3. The third-order valence-electron chi connectivity index (χ3n) is 1.95.